The van der Waals surface area contributed by atoms with E-state index in [4.69, 9.17) is 14.2 Å². The van der Waals surface area contributed by atoms with Gasteiger partial charge < -0.3 is 19.1 Å². The minimum absolute atomic E-state index is 0.216. The van der Waals surface area contributed by atoms with Gasteiger partial charge in [0.25, 0.3) is 0 Å². The predicted molar refractivity (Wildman–Crippen MR) is 77.9 cm³/mol. The van der Waals surface area contributed by atoms with Crippen molar-refractivity contribution in [3.8, 4) is 0 Å². The van der Waals surface area contributed by atoms with Crippen molar-refractivity contribution in [3.05, 3.63) is 0 Å². The highest BCUT2D eigenvalue weighted by atomic mass is 16.6. The van der Waals surface area contributed by atoms with Crippen LogP contribution in [0.25, 0.3) is 0 Å². The average molecular weight is 287 g/mol. The van der Waals surface area contributed by atoms with Gasteiger partial charge in [-0.3, -0.25) is 0 Å². The molecule has 0 aromatic carbocycles. The standard InChI is InChI=1S/C15H29NO4/c1-12(2)18-9-10-19-15(6)7-8-16(11-15)13(17)20-14(3,4)5/h12H,7-11H2,1-6H3. The molecule has 0 spiro atoms. The molecule has 5 heteroatoms. The van der Waals surface area contributed by atoms with E-state index < -0.39 is 5.60 Å². The maximum absolute atomic E-state index is 12.0. The second-order valence-corrected chi connectivity index (χ2v) is 6.87. The maximum Gasteiger partial charge on any atom is 0.410 e. The van der Waals surface area contributed by atoms with Gasteiger partial charge in [-0.05, 0) is 48.0 Å². The highest BCUT2D eigenvalue weighted by Crippen LogP contribution is 2.26. The Balaban J connectivity index is 2.35. The van der Waals surface area contributed by atoms with Crippen LogP contribution in [0.3, 0.4) is 0 Å². The summed E-state index contributed by atoms with van der Waals surface area (Å²) in [6.07, 6.45) is 0.782. The van der Waals surface area contributed by atoms with E-state index in [1.807, 2.05) is 41.5 Å². The molecule has 1 saturated heterocycles. The Morgan fingerprint density at radius 3 is 2.50 bits per heavy atom. The smallest absolute Gasteiger partial charge is 0.410 e. The Hall–Kier alpha value is -0.810. The summed E-state index contributed by atoms with van der Waals surface area (Å²) in [6, 6.07) is 0. The molecule has 0 N–H and O–H groups in total. The van der Waals surface area contributed by atoms with Gasteiger partial charge in [-0.1, -0.05) is 0 Å². The van der Waals surface area contributed by atoms with Gasteiger partial charge in [0.1, 0.15) is 5.60 Å². The van der Waals surface area contributed by atoms with Crippen molar-refractivity contribution >= 4 is 6.09 Å². The number of nitrogens with zero attached hydrogens (tertiary/aromatic N) is 1. The highest BCUT2D eigenvalue weighted by Gasteiger charge is 2.38. The monoisotopic (exact) mass is 287 g/mol. The summed E-state index contributed by atoms with van der Waals surface area (Å²) in [7, 11) is 0. The van der Waals surface area contributed by atoms with E-state index in [0.29, 0.717) is 26.3 Å². The summed E-state index contributed by atoms with van der Waals surface area (Å²) >= 11 is 0. The molecule has 1 aliphatic heterocycles. The number of carbonyl (C=O) groups is 1. The molecule has 0 aromatic heterocycles. The molecular weight excluding hydrogens is 258 g/mol. The Bertz CT molecular complexity index is 324. The molecule has 1 atom stereocenters. The van der Waals surface area contributed by atoms with Gasteiger partial charge in [-0.2, -0.15) is 0 Å². The van der Waals surface area contributed by atoms with E-state index in [2.05, 4.69) is 0 Å². The maximum atomic E-state index is 12.0. The molecule has 0 aromatic rings. The van der Waals surface area contributed by atoms with E-state index >= 15 is 0 Å². The molecule has 1 aliphatic rings. The third-order valence-electron chi connectivity index (χ3n) is 3.07. The van der Waals surface area contributed by atoms with Crippen LogP contribution < -0.4 is 0 Å². The second-order valence-electron chi connectivity index (χ2n) is 6.87. The van der Waals surface area contributed by atoms with Crippen molar-refractivity contribution in [2.24, 2.45) is 0 Å². The zero-order valence-corrected chi connectivity index (χ0v) is 13.7. The molecule has 0 radical (unpaired) electrons. The number of hydrogen-bond acceptors (Lipinski definition) is 4. The molecule has 1 rings (SSSR count). The van der Waals surface area contributed by atoms with Crippen LogP contribution in [-0.4, -0.2) is 54.6 Å². The first-order valence-electron chi connectivity index (χ1n) is 7.35. The lowest BCUT2D eigenvalue weighted by atomic mass is 10.1. The van der Waals surface area contributed by atoms with Crippen LogP contribution in [0.1, 0.15) is 48.0 Å². The molecule has 0 saturated carbocycles. The summed E-state index contributed by atoms with van der Waals surface area (Å²) < 4.78 is 16.7. The van der Waals surface area contributed by atoms with Gasteiger partial charge in [-0.15, -0.1) is 0 Å². The third kappa shape index (κ3) is 6.09. The van der Waals surface area contributed by atoms with E-state index in [1.165, 1.54) is 0 Å². The van der Waals surface area contributed by atoms with E-state index in [9.17, 15) is 4.79 Å². The number of hydrogen-bond donors (Lipinski definition) is 0. The molecule has 1 heterocycles. The Labute approximate surface area is 122 Å². The zero-order valence-electron chi connectivity index (χ0n) is 13.7. The van der Waals surface area contributed by atoms with E-state index in [0.717, 1.165) is 6.42 Å². The highest BCUT2D eigenvalue weighted by molar-refractivity contribution is 5.68. The summed E-state index contributed by atoms with van der Waals surface area (Å²) in [5.74, 6) is 0. The second kappa shape index (κ2) is 6.76. The van der Waals surface area contributed by atoms with Crippen molar-refractivity contribution in [2.75, 3.05) is 26.3 Å². The minimum Gasteiger partial charge on any atom is -0.444 e. The quantitative estimate of drug-likeness (QED) is 0.730. The molecule has 5 nitrogen and oxygen atoms in total. The molecule has 1 unspecified atom stereocenters. The van der Waals surface area contributed by atoms with Crippen molar-refractivity contribution in [3.63, 3.8) is 0 Å². The first-order valence-corrected chi connectivity index (χ1v) is 7.35. The SMILES string of the molecule is CC(C)OCCOC1(C)CCN(C(=O)OC(C)(C)C)C1. The van der Waals surface area contributed by atoms with Gasteiger partial charge >= 0.3 is 6.09 Å². The van der Waals surface area contributed by atoms with E-state index in [-0.39, 0.29) is 17.8 Å². The lowest BCUT2D eigenvalue weighted by Crippen LogP contribution is -2.39. The van der Waals surface area contributed by atoms with Crippen LogP contribution in [-0.2, 0) is 14.2 Å². The summed E-state index contributed by atoms with van der Waals surface area (Å²) in [5.41, 5.74) is -0.751. The number of ether oxygens (including phenoxy) is 3. The van der Waals surface area contributed by atoms with Crippen LogP contribution in [0.2, 0.25) is 0 Å². The Morgan fingerprint density at radius 2 is 1.95 bits per heavy atom. The first kappa shape index (κ1) is 17.2. The fraction of sp³-hybridized carbons (Fsp3) is 0.933. The summed E-state index contributed by atoms with van der Waals surface area (Å²) in [4.78, 5) is 13.7. The molecule has 0 bridgehead atoms. The van der Waals surface area contributed by atoms with Crippen LogP contribution >= 0.6 is 0 Å². The van der Waals surface area contributed by atoms with Crippen molar-refractivity contribution < 1.29 is 19.0 Å². The lowest BCUT2D eigenvalue weighted by molar-refractivity contribution is -0.0594. The topological polar surface area (TPSA) is 48.0 Å². The number of carbonyl (C=O) groups excluding carboxylic acids is 1. The molecule has 20 heavy (non-hydrogen) atoms. The molecule has 1 fully saturated rings. The molecule has 1 amide bonds. The predicted octanol–water partition coefficient (Wildman–Crippen LogP) is 2.83. The fourth-order valence-corrected chi connectivity index (χ4v) is 2.11. The van der Waals surface area contributed by atoms with Crippen molar-refractivity contribution in [1.82, 2.24) is 4.90 Å². The number of likely N-dealkylation sites (tertiary alicyclic amines) is 1. The van der Waals surface area contributed by atoms with Crippen LogP contribution in [0, 0.1) is 0 Å². The van der Waals surface area contributed by atoms with Gasteiger partial charge in [0.05, 0.1) is 31.5 Å². The lowest BCUT2D eigenvalue weighted by Gasteiger charge is -2.27. The van der Waals surface area contributed by atoms with Crippen LogP contribution in [0.15, 0.2) is 0 Å². The molecule has 118 valence electrons. The normalized spacial score (nSPS) is 23.4. The number of rotatable bonds is 5. The Morgan fingerprint density at radius 1 is 1.30 bits per heavy atom. The summed E-state index contributed by atoms with van der Waals surface area (Å²) in [5, 5.41) is 0. The van der Waals surface area contributed by atoms with Gasteiger partial charge in [-0.25, -0.2) is 4.79 Å². The van der Waals surface area contributed by atoms with Gasteiger partial charge in [0.15, 0.2) is 0 Å². The Kier molecular flexibility index (Phi) is 5.83. The first-order chi connectivity index (χ1) is 9.11. The fourth-order valence-electron chi connectivity index (χ4n) is 2.11. The van der Waals surface area contributed by atoms with Crippen LogP contribution in [0.5, 0.6) is 0 Å². The molecule has 0 aliphatic carbocycles. The van der Waals surface area contributed by atoms with E-state index in [1.54, 1.807) is 4.90 Å². The van der Waals surface area contributed by atoms with Crippen LogP contribution in [0.4, 0.5) is 4.79 Å². The minimum atomic E-state index is -0.456. The van der Waals surface area contributed by atoms with Gasteiger partial charge in [0, 0.05) is 6.54 Å². The van der Waals surface area contributed by atoms with Crippen molar-refractivity contribution in [1.29, 1.82) is 0 Å². The summed E-state index contributed by atoms with van der Waals surface area (Å²) in [6.45, 7) is 14.0. The average Bonchev–Trinajstić information content (AvgIpc) is 2.66. The largest absolute Gasteiger partial charge is 0.444 e. The van der Waals surface area contributed by atoms with Crippen molar-refractivity contribution in [2.45, 2.75) is 65.3 Å². The molecular formula is C15H29NO4. The number of amides is 1. The zero-order chi connectivity index (χ0) is 15.4. The third-order valence-corrected chi connectivity index (χ3v) is 3.07. The van der Waals surface area contributed by atoms with Gasteiger partial charge in [0.2, 0.25) is 0 Å².